The predicted octanol–water partition coefficient (Wildman–Crippen LogP) is 1.60. The zero-order valence-corrected chi connectivity index (χ0v) is 14.0. The number of nitrogens with zero attached hydrogens (tertiary/aromatic N) is 4. The minimum absolute atomic E-state index is 0.0940. The molecule has 1 aliphatic rings. The highest BCUT2D eigenvalue weighted by molar-refractivity contribution is 5.36. The third kappa shape index (κ3) is 3.78. The molecule has 1 aliphatic heterocycles. The van der Waals surface area contributed by atoms with Crippen molar-refractivity contribution < 1.29 is 4.74 Å². The second-order valence-electron chi connectivity index (χ2n) is 6.41. The number of hydrogen-bond donors (Lipinski definition) is 1. The van der Waals surface area contributed by atoms with Gasteiger partial charge in [0.1, 0.15) is 0 Å². The van der Waals surface area contributed by atoms with E-state index in [0.29, 0.717) is 12.2 Å². The van der Waals surface area contributed by atoms with Gasteiger partial charge in [0.05, 0.1) is 11.8 Å². The summed E-state index contributed by atoms with van der Waals surface area (Å²) in [5, 5.41) is 2.87. The summed E-state index contributed by atoms with van der Waals surface area (Å²) in [7, 11) is 0. The number of aromatic nitrogens is 4. The molecule has 7 heteroatoms. The number of hydrogen-bond acceptors (Lipinski definition) is 5. The Morgan fingerprint density at radius 1 is 1.36 bits per heavy atom. The van der Waals surface area contributed by atoms with Crippen molar-refractivity contribution in [3.63, 3.8) is 0 Å². The van der Waals surface area contributed by atoms with E-state index >= 15 is 0 Å². The van der Waals surface area contributed by atoms with Crippen molar-refractivity contribution in [1.29, 1.82) is 0 Å². The van der Waals surface area contributed by atoms with E-state index in [1.807, 2.05) is 12.3 Å². The average Bonchev–Trinajstić information content (AvgIpc) is 3.27. The fraction of sp³-hybridized carbons (Fsp3) is 0.389. The fourth-order valence-electron chi connectivity index (χ4n) is 3.30. The second-order valence-corrected chi connectivity index (χ2v) is 6.41. The molecule has 0 aliphatic carbocycles. The van der Waals surface area contributed by atoms with E-state index in [4.69, 9.17) is 4.74 Å². The number of ether oxygens (including phenoxy) is 1. The van der Waals surface area contributed by atoms with Crippen LogP contribution >= 0.6 is 0 Å². The highest BCUT2D eigenvalue weighted by Crippen LogP contribution is 2.16. The highest BCUT2D eigenvalue weighted by atomic mass is 16.5. The van der Waals surface area contributed by atoms with Gasteiger partial charge in [-0.3, -0.25) is 19.8 Å². The monoisotopic (exact) mass is 339 g/mol. The van der Waals surface area contributed by atoms with Crippen LogP contribution in [0.2, 0.25) is 0 Å². The van der Waals surface area contributed by atoms with Crippen LogP contribution in [0.15, 0.2) is 47.7 Å². The summed E-state index contributed by atoms with van der Waals surface area (Å²) in [6.45, 7) is 3.01. The number of pyridine rings is 1. The molecule has 4 heterocycles. The summed E-state index contributed by atoms with van der Waals surface area (Å²) in [4.78, 5) is 23.2. The van der Waals surface area contributed by atoms with Crippen LogP contribution in [0.1, 0.15) is 24.1 Å². The molecule has 1 saturated heterocycles. The molecular weight excluding hydrogens is 318 g/mol. The Bertz CT molecular complexity index is 883. The minimum atomic E-state index is -0.0940. The molecule has 7 nitrogen and oxygen atoms in total. The number of fused-ring (bicyclic) bond motifs is 1. The van der Waals surface area contributed by atoms with E-state index in [1.165, 1.54) is 4.52 Å². The summed E-state index contributed by atoms with van der Waals surface area (Å²) in [5.41, 5.74) is 2.45. The van der Waals surface area contributed by atoms with Crippen LogP contribution in [0.5, 0.6) is 0 Å². The van der Waals surface area contributed by atoms with Crippen LogP contribution in [0.3, 0.4) is 0 Å². The normalized spacial score (nSPS) is 17.6. The maximum Gasteiger partial charge on any atom is 0.272 e. The Kier molecular flexibility index (Phi) is 4.58. The molecule has 3 aromatic heterocycles. The lowest BCUT2D eigenvalue weighted by Crippen LogP contribution is -2.32. The molecule has 0 amide bonds. The van der Waals surface area contributed by atoms with Crippen LogP contribution in [0, 0.1) is 0 Å². The molecule has 1 N–H and O–H groups in total. The van der Waals surface area contributed by atoms with Crippen molar-refractivity contribution in [3.05, 3.63) is 64.5 Å². The molecule has 130 valence electrons. The van der Waals surface area contributed by atoms with Gasteiger partial charge in [-0.05, 0) is 24.5 Å². The molecular formula is C18H21N5O2. The Morgan fingerprint density at radius 2 is 2.32 bits per heavy atom. The molecule has 0 bridgehead atoms. The molecule has 25 heavy (non-hydrogen) atoms. The third-order valence-electron chi connectivity index (χ3n) is 4.43. The summed E-state index contributed by atoms with van der Waals surface area (Å²) < 4.78 is 7.23. The van der Waals surface area contributed by atoms with E-state index in [9.17, 15) is 4.79 Å². The summed E-state index contributed by atoms with van der Waals surface area (Å²) in [6, 6.07) is 7.40. The number of rotatable bonds is 6. The first-order valence-electron chi connectivity index (χ1n) is 8.57. The van der Waals surface area contributed by atoms with E-state index in [2.05, 4.69) is 26.0 Å². The smallest absolute Gasteiger partial charge is 0.272 e. The zero-order valence-electron chi connectivity index (χ0n) is 14.0. The Hall–Kier alpha value is -2.51. The summed E-state index contributed by atoms with van der Waals surface area (Å²) in [5.74, 6) is 0. The van der Waals surface area contributed by atoms with Gasteiger partial charge >= 0.3 is 0 Å². The van der Waals surface area contributed by atoms with Crippen molar-refractivity contribution in [2.24, 2.45) is 0 Å². The lowest BCUT2D eigenvalue weighted by atomic mass is 10.2. The lowest BCUT2D eigenvalue weighted by Gasteiger charge is -2.24. The summed E-state index contributed by atoms with van der Waals surface area (Å²) >= 11 is 0. The van der Waals surface area contributed by atoms with Crippen LogP contribution < -0.4 is 5.56 Å². The van der Waals surface area contributed by atoms with Crippen molar-refractivity contribution in [2.75, 3.05) is 13.2 Å². The maximum absolute atomic E-state index is 12.2. The lowest BCUT2D eigenvalue weighted by molar-refractivity contribution is 0.0674. The number of H-pyrrole nitrogens is 1. The minimum Gasteiger partial charge on any atom is -0.377 e. The molecule has 0 radical (unpaired) electrons. The van der Waals surface area contributed by atoms with Crippen LogP contribution in [-0.4, -0.2) is 43.7 Å². The van der Waals surface area contributed by atoms with Gasteiger partial charge in [-0.2, -0.15) is 0 Å². The molecule has 1 fully saturated rings. The molecule has 4 rings (SSSR count). The first-order chi connectivity index (χ1) is 12.3. The van der Waals surface area contributed by atoms with Gasteiger partial charge in [0.25, 0.3) is 5.56 Å². The first-order valence-corrected chi connectivity index (χ1v) is 8.57. The van der Waals surface area contributed by atoms with Crippen molar-refractivity contribution in [2.45, 2.75) is 32.0 Å². The quantitative estimate of drug-likeness (QED) is 0.738. The topological polar surface area (TPSA) is 75.5 Å². The van der Waals surface area contributed by atoms with Crippen molar-refractivity contribution >= 4 is 5.65 Å². The maximum atomic E-state index is 12.2. The van der Waals surface area contributed by atoms with Gasteiger partial charge in [-0.15, -0.1) is 0 Å². The predicted molar refractivity (Wildman–Crippen MR) is 93.1 cm³/mol. The van der Waals surface area contributed by atoms with Gasteiger partial charge in [0, 0.05) is 57.0 Å². The van der Waals surface area contributed by atoms with Gasteiger partial charge in [0.15, 0.2) is 5.65 Å². The van der Waals surface area contributed by atoms with Crippen LogP contribution in [-0.2, 0) is 17.8 Å². The SMILES string of the molecule is O=c1cc(CN(Cc2cccnc2)CC2CCCO2)nc2cc[nH]n12. The molecule has 0 saturated carbocycles. The Labute approximate surface area is 145 Å². The Morgan fingerprint density at radius 3 is 3.12 bits per heavy atom. The Balaban J connectivity index is 1.56. The molecule has 1 unspecified atom stereocenters. The van der Waals surface area contributed by atoms with E-state index in [-0.39, 0.29) is 11.7 Å². The van der Waals surface area contributed by atoms with E-state index in [1.54, 1.807) is 24.5 Å². The second kappa shape index (κ2) is 7.16. The largest absolute Gasteiger partial charge is 0.377 e. The standard InChI is InChI=1S/C18H21N5O2/c24-18-9-15(21-17-5-7-20-23(17)18)12-22(13-16-4-2-8-25-16)11-14-3-1-6-19-10-14/h1,3,5-7,9-10,16,20H,2,4,8,11-13H2. The fourth-order valence-corrected chi connectivity index (χ4v) is 3.30. The molecule has 3 aromatic rings. The van der Waals surface area contributed by atoms with Crippen molar-refractivity contribution in [3.8, 4) is 0 Å². The van der Waals surface area contributed by atoms with Crippen LogP contribution in [0.4, 0.5) is 0 Å². The molecule has 0 aromatic carbocycles. The van der Waals surface area contributed by atoms with Crippen molar-refractivity contribution in [1.82, 2.24) is 24.5 Å². The van der Waals surface area contributed by atoms with Gasteiger partial charge < -0.3 is 4.74 Å². The number of nitrogens with one attached hydrogen (secondary N) is 1. The van der Waals surface area contributed by atoms with Gasteiger partial charge in [-0.1, -0.05) is 6.07 Å². The molecule has 0 spiro atoms. The zero-order chi connectivity index (χ0) is 17.1. The first kappa shape index (κ1) is 16.0. The van der Waals surface area contributed by atoms with Gasteiger partial charge in [0.2, 0.25) is 0 Å². The summed E-state index contributed by atoms with van der Waals surface area (Å²) in [6.07, 6.45) is 7.80. The van der Waals surface area contributed by atoms with E-state index < -0.39 is 0 Å². The third-order valence-corrected chi connectivity index (χ3v) is 4.43. The van der Waals surface area contributed by atoms with Crippen LogP contribution in [0.25, 0.3) is 5.65 Å². The highest BCUT2D eigenvalue weighted by Gasteiger charge is 2.20. The molecule has 1 atom stereocenters. The average molecular weight is 339 g/mol. The van der Waals surface area contributed by atoms with Gasteiger partial charge in [-0.25, -0.2) is 9.50 Å². The number of aromatic amines is 1. The van der Waals surface area contributed by atoms with E-state index in [0.717, 1.165) is 43.8 Å².